The number of aliphatic imine (C=N–C) groups is 1. The summed E-state index contributed by atoms with van der Waals surface area (Å²) in [7, 11) is 3.41. The van der Waals surface area contributed by atoms with Crippen molar-refractivity contribution in [1.82, 2.24) is 25.3 Å². The molecule has 0 amide bonds. The molecule has 1 atom stereocenters. The number of aliphatic hydroxyl groups excluding tert-OH is 1. The third kappa shape index (κ3) is 5.90. The quantitative estimate of drug-likeness (QED) is 0.306. The Morgan fingerprint density at radius 2 is 2.10 bits per heavy atom. The second kappa shape index (κ2) is 12.1. The number of hydrogen-bond donors (Lipinski definition) is 3. The molecule has 1 aromatic carbocycles. The second-order valence-corrected chi connectivity index (χ2v) is 10.7. The Morgan fingerprint density at radius 3 is 2.80 bits per heavy atom. The van der Waals surface area contributed by atoms with Crippen molar-refractivity contribution in [3.63, 3.8) is 0 Å². The van der Waals surface area contributed by atoms with Crippen molar-refractivity contribution in [2.24, 2.45) is 10.7 Å². The normalized spacial score (nSPS) is 16.3. The summed E-state index contributed by atoms with van der Waals surface area (Å²) in [5.74, 6) is 3.01. The zero-order chi connectivity index (χ0) is 28.4. The minimum absolute atomic E-state index is 0.118. The first-order chi connectivity index (χ1) is 19.3. The third-order valence-electron chi connectivity index (χ3n) is 6.92. The minimum atomic E-state index is -0.660. The van der Waals surface area contributed by atoms with E-state index in [4.69, 9.17) is 48.6 Å². The molecule has 0 bridgehead atoms. The van der Waals surface area contributed by atoms with Gasteiger partial charge in [0.05, 0.1) is 28.0 Å². The average Bonchev–Trinajstić information content (AvgIpc) is 3.72. The molecule has 1 fully saturated rings. The molecule has 1 aliphatic carbocycles. The average molecular weight is 584 g/mol. The van der Waals surface area contributed by atoms with Crippen LogP contribution in [0.2, 0.25) is 5.02 Å². The van der Waals surface area contributed by atoms with Crippen molar-refractivity contribution in [3.8, 4) is 17.1 Å². The van der Waals surface area contributed by atoms with Crippen LogP contribution in [0.3, 0.4) is 0 Å². The van der Waals surface area contributed by atoms with Crippen molar-refractivity contribution < 1.29 is 9.84 Å². The number of hydrogen-bond acceptors (Lipinski definition) is 10. The standard InChI is InChI=1S/C28H32Cl2N8O2/c1-15-24(25(33-3)22(30)9-31)36-27(20-8-19(6-7-21(20)29)40-14-18(39)11-32-2)37-28(15)38-12-17-10-34-26(16-4-5-16)35-23(17)13-38/h6-10,16,18,32,39H,4-5,11-14,31H2,1-3H3/t18-/m1/s1. The van der Waals surface area contributed by atoms with Gasteiger partial charge < -0.3 is 25.8 Å². The number of aliphatic hydroxyl groups is 1. The van der Waals surface area contributed by atoms with Crippen LogP contribution in [0.5, 0.6) is 5.75 Å². The van der Waals surface area contributed by atoms with Gasteiger partial charge >= 0.3 is 0 Å². The number of ether oxygens (including phenoxy) is 1. The Bertz CT molecular complexity index is 1470. The van der Waals surface area contributed by atoms with E-state index in [0.29, 0.717) is 64.9 Å². The highest BCUT2D eigenvalue weighted by atomic mass is 35.5. The number of halogens is 2. The zero-order valence-corrected chi connectivity index (χ0v) is 24.2. The summed E-state index contributed by atoms with van der Waals surface area (Å²) in [6.07, 6.45) is 4.86. The molecule has 0 unspecified atom stereocenters. The van der Waals surface area contributed by atoms with E-state index in [-0.39, 0.29) is 11.6 Å². The Balaban J connectivity index is 1.56. The Hall–Kier alpha value is -3.31. The summed E-state index contributed by atoms with van der Waals surface area (Å²) in [6.45, 7) is 3.67. The molecule has 5 rings (SSSR count). The Kier molecular flexibility index (Phi) is 8.51. The second-order valence-electron chi connectivity index (χ2n) is 9.93. The first-order valence-corrected chi connectivity index (χ1v) is 13.9. The molecule has 12 heteroatoms. The predicted octanol–water partition coefficient (Wildman–Crippen LogP) is 3.71. The van der Waals surface area contributed by atoms with Gasteiger partial charge in [0.1, 0.15) is 35.8 Å². The van der Waals surface area contributed by atoms with E-state index in [2.05, 4.69) is 20.2 Å². The predicted molar refractivity (Wildman–Crippen MR) is 157 cm³/mol. The van der Waals surface area contributed by atoms with Crippen LogP contribution < -0.4 is 20.7 Å². The molecule has 1 aliphatic heterocycles. The van der Waals surface area contributed by atoms with Gasteiger partial charge in [-0.3, -0.25) is 4.99 Å². The Labute approximate surface area is 243 Å². The maximum Gasteiger partial charge on any atom is 0.163 e. The van der Waals surface area contributed by atoms with Crippen LogP contribution in [0.15, 0.2) is 40.6 Å². The van der Waals surface area contributed by atoms with Crippen molar-refractivity contribution >= 4 is 34.7 Å². The molecule has 3 aromatic rings. The molecule has 0 saturated heterocycles. The molecule has 2 aromatic heterocycles. The summed E-state index contributed by atoms with van der Waals surface area (Å²) in [5, 5.41) is 13.7. The molecule has 0 radical (unpaired) electrons. The smallest absolute Gasteiger partial charge is 0.163 e. The third-order valence-corrected chi connectivity index (χ3v) is 7.55. The van der Waals surface area contributed by atoms with E-state index in [9.17, 15) is 5.11 Å². The van der Waals surface area contributed by atoms with Gasteiger partial charge in [-0.1, -0.05) is 23.2 Å². The topological polar surface area (TPSA) is 135 Å². The number of anilines is 1. The minimum Gasteiger partial charge on any atom is -0.491 e. The lowest BCUT2D eigenvalue weighted by Crippen LogP contribution is -2.29. The number of likely N-dealkylation sites (N-methyl/N-ethyl adjacent to an activating group) is 1. The van der Waals surface area contributed by atoms with E-state index < -0.39 is 6.10 Å². The molecule has 1 saturated carbocycles. The number of nitrogens with one attached hydrogen (secondary N) is 1. The number of rotatable bonds is 10. The molecular weight excluding hydrogens is 551 g/mol. The van der Waals surface area contributed by atoms with Crippen LogP contribution in [-0.2, 0) is 13.1 Å². The van der Waals surface area contributed by atoms with Crippen LogP contribution in [0, 0.1) is 6.92 Å². The van der Waals surface area contributed by atoms with Crippen LogP contribution in [-0.4, -0.2) is 64.1 Å². The number of nitrogens with zero attached hydrogens (tertiary/aromatic N) is 6. The maximum absolute atomic E-state index is 10.1. The van der Waals surface area contributed by atoms with Crippen LogP contribution >= 0.6 is 23.2 Å². The fourth-order valence-electron chi connectivity index (χ4n) is 4.68. The van der Waals surface area contributed by atoms with Crippen LogP contribution in [0.1, 0.15) is 47.1 Å². The highest BCUT2D eigenvalue weighted by molar-refractivity contribution is 6.46. The molecule has 3 heterocycles. The van der Waals surface area contributed by atoms with Crippen molar-refractivity contribution in [3.05, 3.63) is 69.0 Å². The molecule has 40 heavy (non-hydrogen) atoms. The van der Waals surface area contributed by atoms with Gasteiger partial charge in [-0.15, -0.1) is 0 Å². The first-order valence-electron chi connectivity index (χ1n) is 13.1. The fraction of sp³-hybridized carbons (Fsp3) is 0.393. The van der Waals surface area contributed by atoms with Gasteiger partial charge in [-0.2, -0.15) is 0 Å². The number of benzene rings is 1. The summed E-state index contributed by atoms with van der Waals surface area (Å²) < 4.78 is 5.82. The molecule has 4 N–H and O–H groups in total. The van der Waals surface area contributed by atoms with Gasteiger partial charge in [-0.25, -0.2) is 19.9 Å². The molecule has 10 nitrogen and oxygen atoms in total. The summed E-state index contributed by atoms with van der Waals surface area (Å²) in [5.41, 5.74) is 10.2. The number of nitrogens with two attached hydrogens (primary N) is 1. The molecular formula is C28H32Cl2N8O2. The summed E-state index contributed by atoms with van der Waals surface area (Å²) in [4.78, 5) is 25.8. The number of fused-ring (bicyclic) bond motifs is 1. The highest BCUT2D eigenvalue weighted by Crippen LogP contribution is 2.39. The number of allylic oxidation sites excluding steroid dienone is 1. The maximum atomic E-state index is 10.1. The largest absolute Gasteiger partial charge is 0.491 e. The number of aromatic nitrogens is 4. The van der Waals surface area contributed by atoms with E-state index in [1.807, 2.05) is 13.1 Å². The van der Waals surface area contributed by atoms with Gasteiger partial charge in [0.2, 0.25) is 0 Å². The zero-order valence-electron chi connectivity index (χ0n) is 22.7. The van der Waals surface area contributed by atoms with Gasteiger partial charge in [0.25, 0.3) is 0 Å². The van der Waals surface area contributed by atoms with E-state index in [1.165, 1.54) is 6.20 Å². The monoisotopic (exact) mass is 582 g/mol. The summed E-state index contributed by atoms with van der Waals surface area (Å²) in [6, 6.07) is 5.23. The summed E-state index contributed by atoms with van der Waals surface area (Å²) >= 11 is 13.1. The first kappa shape index (κ1) is 28.2. The van der Waals surface area contributed by atoms with Crippen LogP contribution in [0.4, 0.5) is 5.82 Å². The van der Waals surface area contributed by atoms with Gasteiger partial charge in [-0.05, 0) is 45.0 Å². The lowest BCUT2D eigenvalue weighted by atomic mass is 10.1. The SMILES string of the molecule is CN=C(C(Cl)=CN)c1nc(-c2cc(OC[C@H](O)CNC)ccc2Cl)nc(N2Cc3cnc(C4CC4)nc3C2)c1C. The van der Waals surface area contributed by atoms with Gasteiger partial charge in [0.15, 0.2) is 5.82 Å². The van der Waals surface area contributed by atoms with Crippen molar-refractivity contribution in [2.45, 2.75) is 44.9 Å². The highest BCUT2D eigenvalue weighted by Gasteiger charge is 2.31. The lowest BCUT2D eigenvalue weighted by molar-refractivity contribution is 0.108. The molecule has 0 spiro atoms. The van der Waals surface area contributed by atoms with Gasteiger partial charge in [0, 0.05) is 55.1 Å². The van der Waals surface area contributed by atoms with Crippen LogP contribution in [0.25, 0.3) is 11.4 Å². The lowest BCUT2D eigenvalue weighted by Gasteiger charge is -2.22. The van der Waals surface area contributed by atoms with Crippen molar-refractivity contribution in [1.29, 1.82) is 0 Å². The van der Waals surface area contributed by atoms with E-state index >= 15 is 0 Å². The molecule has 210 valence electrons. The Morgan fingerprint density at radius 1 is 1.30 bits per heavy atom. The van der Waals surface area contributed by atoms with E-state index in [0.717, 1.165) is 35.5 Å². The molecule has 2 aliphatic rings. The van der Waals surface area contributed by atoms with E-state index in [1.54, 1.807) is 32.3 Å². The fourth-order valence-corrected chi connectivity index (χ4v) is 5.05. The van der Waals surface area contributed by atoms with Crippen molar-refractivity contribution in [2.75, 3.05) is 32.1 Å².